The number of imidazole rings is 1. The van der Waals surface area contributed by atoms with Crippen molar-refractivity contribution in [3.05, 3.63) is 81.4 Å². The Kier molecular flexibility index (Phi) is 13.8. The van der Waals surface area contributed by atoms with Crippen LogP contribution in [0.1, 0.15) is 58.5 Å². The highest BCUT2D eigenvalue weighted by Gasteiger charge is 2.27. The summed E-state index contributed by atoms with van der Waals surface area (Å²) in [6.07, 6.45) is 4.00. The number of hydrogen-bond donors (Lipinski definition) is 2. The average molecular weight is 782 g/mol. The molecule has 0 radical (unpaired) electrons. The molecule has 1 amide bonds. The Balaban J connectivity index is 1.78. The van der Waals surface area contributed by atoms with Crippen LogP contribution in [0.15, 0.2) is 60.9 Å². The van der Waals surface area contributed by atoms with Gasteiger partial charge in [-0.25, -0.2) is 13.4 Å². The van der Waals surface area contributed by atoms with Crippen molar-refractivity contribution in [3.8, 4) is 0 Å². The number of benzene rings is 2. The summed E-state index contributed by atoms with van der Waals surface area (Å²) in [5.41, 5.74) is 1.13. The van der Waals surface area contributed by atoms with Gasteiger partial charge in [-0.2, -0.15) is 0 Å². The summed E-state index contributed by atoms with van der Waals surface area (Å²) in [6.45, 7) is 11.1. The van der Waals surface area contributed by atoms with E-state index in [1.165, 1.54) is 0 Å². The number of nitrogens with zero attached hydrogens (tertiary/aromatic N) is 4. The van der Waals surface area contributed by atoms with Crippen LogP contribution in [0.2, 0.25) is 0 Å². The molecule has 256 valence electrons. The minimum atomic E-state index is -2.73. The second-order valence-electron chi connectivity index (χ2n) is 13.0. The number of halogens is 1. The van der Waals surface area contributed by atoms with Crippen LogP contribution in [0.25, 0.3) is 0 Å². The van der Waals surface area contributed by atoms with E-state index in [1.807, 2.05) is 24.3 Å². The molecular weight excluding hydrogens is 737 g/mol. The van der Waals surface area contributed by atoms with Crippen LogP contribution in [0.5, 0.6) is 0 Å². The molecule has 3 aromatic rings. The molecule has 3 rings (SSSR count). The Labute approximate surface area is 292 Å². The van der Waals surface area contributed by atoms with E-state index in [-0.39, 0.29) is 6.54 Å². The van der Waals surface area contributed by atoms with Crippen molar-refractivity contribution >= 4 is 57.0 Å². The zero-order valence-corrected chi connectivity index (χ0v) is 30.7. The average Bonchev–Trinajstić information content (AvgIpc) is 3.37. The highest BCUT2D eigenvalue weighted by atomic mass is 127. The third-order valence-corrected chi connectivity index (χ3v) is 7.68. The molecule has 0 aliphatic rings. The van der Waals surface area contributed by atoms with Gasteiger partial charge in [-0.15, -0.1) is 0 Å². The SMILES string of the molecule is CC(C)(C)OC(=O)CN(CC(=O)OC(C)(C)C)C(=O)Cn1ccnc1CN(CCc1ccc(N[SH](=O)=O)cc1)Cc1ccc(I)cc1. The maximum Gasteiger partial charge on any atom is 0.326 e. The predicted octanol–water partition coefficient (Wildman–Crippen LogP) is 4.18. The summed E-state index contributed by atoms with van der Waals surface area (Å²) >= 11 is 2.27. The van der Waals surface area contributed by atoms with Gasteiger partial charge in [0.1, 0.15) is 36.7 Å². The van der Waals surface area contributed by atoms with Gasteiger partial charge in [-0.1, -0.05) is 24.3 Å². The zero-order valence-electron chi connectivity index (χ0n) is 27.7. The van der Waals surface area contributed by atoms with Crippen LogP contribution >= 0.6 is 22.6 Å². The van der Waals surface area contributed by atoms with Gasteiger partial charge in [-0.3, -0.25) is 24.0 Å². The maximum atomic E-state index is 13.6. The van der Waals surface area contributed by atoms with Crippen LogP contribution in [0.3, 0.4) is 0 Å². The fourth-order valence-corrected chi connectivity index (χ4v) is 5.29. The molecule has 0 atom stereocenters. The smallest absolute Gasteiger partial charge is 0.326 e. The number of esters is 2. The lowest BCUT2D eigenvalue weighted by molar-refractivity contribution is -0.164. The predicted molar refractivity (Wildman–Crippen MR) is 188 cm³/mol. The molecular formula is C33H44IN5O7S. The molecule has 0 aliphatic carbocycles. The van der Waals surface area contributed by atoms with E-state index >= 15 is 0 Å². The molecule has 2 aromatic carbocycles. The molecule has 0 unspecified atom stereocenters. The second-order valence-corrected chi connectivity index (χ2v) is 15.0. The molecule has 14 heteroatoms. The van der Waals surface area contributed by atoms with E-state index < -0.39 is 53.0 Å². The van der Waals surface area contributed by atoms with Gasteiger partial charge in [-0.05, 0) is 106 Å². The van der Waals surface area contributed by atoms with Crippen molar-refractivity contribution in [2.45, 2.75) is 78.8 Å². The number of ether oxygens (including phenoxy) is 2. The number of thiol groups is 1. The van der Waals surface area contributed by atoms with Crippen molar-refractivity contribution in [2.24, 2.45) is 0 Å². The van der Waals surface area contributed by atoms with Crippen LogP contribution < -0.4 is 4.72 Å². The minimum Gasteiger partial charge on any atom is -0.459 e. The molecule has 0 bridgehead atoms. The highest BCUT2D eigenvalue weighted by Crippen LogP contribution is 2.16. The van der Waals surface area contributed by atoms with Gasteiger partial charge in [0.05, 0.1) is 6.54 Å². The number of rotatable bonds is 15. The van der Waals surface area contributed by atoms with E-state index in [0.29, 0.717) is 37.6 Å². The first-order valence-electron chi connectivity index (χ1n) is 15.1. The molecule has 12 nitrogen and oxygen atoms in total. The minimum absolute atomic E-state index is 0.144. The molecule has 0 fully saturated rings. The standard InChI is InChI=1S/C33H44IN5O7S/c1-32(2,3)45-30(41)22-39(23-31(42)46-33(4,5)6)29(40)21-38-18-16-35-28(38)20-37(19-25-7-11-26(34)12-8-25)17-15-24-9-13-27(14-10-24)36-47(43)44/h7-14,16,18,47H,15,17,19-23H2,1-6H3,(H,36,43,44). The van der Waals surface area contributed by atoms with Gasteiger partial charge in [0.15, 0.2) is 0 Å². The third-order valence-electron chi connectivity index (χ3n) is 6.52. The summed E-state index contributed by atoms with van der Waals surface area (Å²) in [7, 11) is -2.73. The van der Waals surface area contributed by atoms with Crippen molar-refractivity contribution in [1.82, 2.24) is 19.4 Å². The first-order valence-corrected chi connectivity index (χ1v) is 17.4. The van der Waals surface area contributed by atoms with Crippen LogP contribution in [0, 0.1) is 3.57 Å². The Hall–Kier alpha value is -3.50. The largest absolute Gasteiger partial charge is 0.459 e. The van der Waals surface area contributed by atoms with E-state index in [2.05, 4.69) is 49.3 Å². The topological polar surface area (TPSA) is 140 Å². The highest BCUT2D eigenvalue weighted by molar-refractivity contribution is 14.1. The van der Waals surface area contributed by atoms with E-state index in [0.717, 1.165) is 19.6 Å². The van der Waals surface area contributed by atoms with Crippen LogP contribution in [-0.4, -0.2) is 76.5 Å². The van der Waals surface area contributed by atoms with Gasteiger partial charge < -0.3 is 18.9 Å². The van der Waals surface area contributed by atoms with E-state index in [1.54, 1.807) is 70.6 Å². The molecule has 1 heterocycles. The molecule has 0 saturated carbocycles. The molecule has 0 aliphatic heterocycles. The van der Waals surface area contributed by atoms with Crippen LogP contribution in [-0.2, 0) is 60.8 Å². The summed E-state index contributed by atoms with van der Waals surface area (Å²) < 4.78 is 38.0. The Bertz CT molecular complexity index is 1540. The van der Waals surface area contributed by atoms with E-state index in [9.17, 15) is 22.8 Å². The lowest BCUT2D eigenvalue weighted by atomic mass is 10.1. The lowest BCUT2D eigenvalue weighted by Crippen LogP contribution is -2.44. The van der Waals surface area contributed by atoms with Crippen molar-refractivity contribution < 1.29 is 32.3 Å². The lowest BCUT2D eigenvalue weighted by Gasteiger charge is -2.27. The number of nitrogens with one attached hydrogen (secondary N) is 1. The van der Waals surface area contributed by atoms with E-state index in [4.69, 9.17) is 9.47 Å². The molecule has 1 aromatic heterocycles. The molecule has 1 N–H and O–H groups in total. The van der Waals surface area contributed by atoms with Crippen molar-refractivity contribution in [3.63, 3.8) is 0 Å². The van der Waals surface area contributed by atoms with Crippen molar-refractivity contribution in [1.29, 1.82) is 0 Å². The van der Waals surface area contributed by atoms with Gasteiger partial charge in [0, 0.05) is 34.7 Å². The van der Waals surface area contributed by atoms with Gasteiger partial charge >= 0.3 is 11.9 Å². The maximum absolute atomic E-state index is 13.6. The summed E-state index contributed by atoms with van der Waals surface area (Å²) in [5, 5.41) is 0. The number of aromatic nitrogens is 2. The molecule has 47 heavy (non-hydrogen) atoms. The first-order chi connectivity index (χ1) is 22.0. The Morgan fingerprint density at radius 2 is 1.40 bits per heavy atom. The molecule has 0 saturated heterocycles. The van der Waals surface area contributed by atoms with Crippen LogP contribution in [0.4, 0.5) is 5.69 Å². The second kappa shape index (κ2) is 17.1. The van der Waals surface area contributed by atoms with Gasteiger partial charge in [0.25, 0.3) is 0 Å². The zero-order chi connectivity index (χ0) is 34.8. The fraction of sp³-hybridized carbons (Fsp3) is 0.455. The Morgan fingerprint density at radius 3 is 1.94 bits per heavy atom. The number of anilines is 1. The monoisotopic (exact) mass is 781 g/mol. The first kappa shape index (κ1) is 38.0. The number of carbonyl (C=O) groups excluding carboxylic acids is 3. The fourth-order valence-electron chi connectivity index (χ4n) is 4.57. The van der Waals surface area contributed by atoms with Crippen molar-refractivity contribution in [2.75, 3.05) is 24.4 Å². The third kappa shape index (κ3) is 14.4. The molecule has 0 spiro atoms. The number of amides is 1. The quantitative estimate of drug-likeness (QED) is 0.132. The Morgan fingerprint density at radius 1 is 0.851 bits per heavy atom. The normalized spacial score (nSPS) is 11.9. The summed E-state index contributed by atoms with van der Waals surface area (Å²) in [5.74, 6) is -1.08. The number of hydrogen-bond acceptors (Lipinski definition) is 9. The number of carbonyl (C=O) groups is 3. The summed E-state index contributed by atoms with van der Waals surface area (Å²) in [4.78, 5) is 46.8. The van der Waals surface area contributed by atoms with Gasteiger partial charge in [0.2, 0.25) is 16.8 Å². The summed E-state index contributed by atoms with van der Waals surface area (Å²) in [6, 6.07) is 15.4.